The zero-order valence-electron chi connectivity index (χ0n) is 9.98. The third-order valence-corrected chi connectivity index (χ3v) is 2.46. The van der Waals surface area contributed by atoms with Crippen LogP contribution < -0.4 is 16.6 Å². The molecule has 1 heterocycles. The zero-order valence-corrected chi connectivity index (χ0v) is 9.98. The van der Waals surface area contributed by atoms with E-state index in [1.165, 1.54) is 0 Å². The minimum atomic E-state index is -0.953. The van der Waals surface area contributed by atoms with Crippen molar-refractivity contribution >= 4 is 11.6 Å². The third kappa shape index (κ3) is 2.71. The van der Waals surface area contributed by atoms with E-state index in [9.17, 15) is 19.5 Å². The number of aromatic amines is 2. The molecule has 98 valence electrons. The van der Waals surface area contributed by atoms with Gasteiger partial charge in [0, 0.05) is 5.69 Å². The molecule has 0 saturated carbocycles. The normalized spacial score (nSPS) is 10.2. The summed E-state index contributed by atoms with van der Waals surface area (Å²) >= 11 is 0. The maximum absolute atomic E-state index is 11.8. The molecule has 0 unspecified atom stereocenters. The standard InChI is InChI=1S/C12H11N3O4/c1-6-2-4-7(5-3-6)13-9(16)8-10(17)14-12(19)15-11(8)18/h2-5H,1H3,(H,13,16)(H3,14,15,17,18,19). The molecule has 0 aliphatic carbocycles. The van der Waals surface area contributed by atoms with Crippen LogP contribution in [0.15, 0.2) is 33.9 Å². The molecule has 7 nitrogen and oxygen atoms in total. The van der Waals surface area contributed by atoms with Crippen LogP contribution in [0.2, 0.25) is 0 Å². The number of amides is 1. The van der Waals surface area contributed by atoms with Gasteiger partial charge in [-0.25, -0.2) is 4.79 Å². The summed E-state index contributed by atoms with van der Waals surface area (Å²) in [4.78, 5) is 38.0. The molecule has 2 aromatic rings. The second kappa shape index (κ2) is 4.81. The van der Waals surface area contributed by atoms with Gasteiger partial charge in [0.15, 0.2) is 5.56 Å². The van der Waals surface area contributed by atoms with E-state index in [0.29, 0.717) is 5.69 Å². The van der Waals surface area contributed by atoms with Crippen LogP contribution in [0, 0.1) is 6.92 Å². The summed E-state index contributed by atoms with van der Waals surface area (Å²) in [6.45, 7) is 1.89. The minimum Gasteiger partial charge on any atom is -0.494 e. The topological polar surface area (TPSA) is 115 Å². The van der Waals surface area contributed by atoms with Crippen LogP contribution in [0.4, 0.5) is 5.69 Å². The fraction of sp³-hybridized carbons (Fsp3) is 0.0833. The first-order valence-corrected chi connectivity index (χ1v) is 5.41. The van der Waals surface area contributed by atoms with Crippen molar-refractivity contribution < 1.29 is 9.90 Å². The number of aromatic nitrogens is 2. The van der Waals surface area contributed by atoms with E-state index in [1.54, 1.807) is 24.3 Å². The largest absolute Gasteiger partial charge is 0.494 e. The molecule has 0 bridgehead atoms. The lowest BCUT2D eigenvalue weighted by Gasteiger charge is -2.05. The predicted octanol–water partition coefficient (Wildman–Crippen LogP) is 0.330. The minimum absolute atomic E-state index is 0.473. The second-order valence-corrected chi connectivity index (χ2v) is 3.95. The molecule has 2 rings (SSSR count). The van der Waals surface area contributed by atoms with Crippen LogP contribution >= 0.6 is 0 Å². The Morgan fingerprint density at radius 3 is 2.37 bits per heavy atom. The first kappa shape index (κ1) is 12.6. The van der Waals surface area contributed by atoms with Crippen molar-refractivity contribution in [1.29, 1.82) is 0 Å². The smallest absolute Gasteiger partial charge is 0.328 e. The monoisotopic (exact) mass is 261 g/mol. The SMILES string of the molecule is Cc1ccc(NC(=O)c2c(O)[nH]c(=O)[nH]c2=O)cc1. The number of rotatable bonds is 2. The Balaban J connectivity index is 2.33. The number of hydrogen-bond acceptors (Lipinski definition) is 4. The summed E-state index contributed by atoms with van der Waals surface area (Å²) in [7, 11) is 0. The van der Waals surface area contributed by atoms with Crippen LogP contribution in [0.5, 0.6) is 5.88 Å². The molecule has 7 heteroatoms. The fourth-order valence-corrected chi connectivity index (χ4v) is 1.52. The van der Waals surface area contributed by atoms with Gasteiger partial charge in [-0.2, -0.15) is 0 Å². The van der Waals surface area contributed by atoms with Crippen LogP contribution in [0.3, 0.4) is 0 Å². The fourth-order valence-electron chi connectivity index (χ4n) is 1.52. The number of H-pyrrole nitrogens is 2. The summed E-state index contributed by atoms with van der Waals surface area (Å²) in [6.07, 6.45) is 0. The molecule has 1 aromatic heterocycles. The van der Waals surface area contributed by atoms with Crippen molar-refractivity contribution in [2.45, 2.75) is 6.92 Å². The Bertz CT molecular complexity index is 728. The van der Waals surface area contributed by atoms with E-state index in [1.807, 2.05) is 16.9 Å². The third-order valence-electron chi connectivity index (χ3n) is 2.46. The number of anilines is 1. The molecular formula is C12H11N3O4. The van der Waals surface area contributed by atoms with Crippen LogP contribution in [-0.4, -0.2) is 21.0 Å². The highest BCUT2D eigenvalue weighted by Gasteiger charge is 2.17. The van der Waals surface area contributed by atoms with Crippen molar-refractivity contribution in [2.24, 2.45) is 0 Å². The van der Waals surface area contributed by atoms with Crippen LogP contribution in [-0.2, 0) is 0 Å². The van der Waals surface area contributed by atoms with E-state index in [2.05, 4.69) is 5.32 Å². The highest BCUT2D eigenvalue weighted by Crippen LogP contribution is 2.12. The van der Waals surface area contributed by atoms with Gasteiger partial charge in [0.1, 0.15) is 0 Å². The average molecular weight is 261 g/mol. The van der Waals surface area contributed by atoms with Gasteiger partial charge < -0.3 is 10.4 Å². The van der Waals surface area contributed by atoms with E-state index in [-0.39, 0.29) is 0 Å². The van der Waals surface area contributed by atoms with Crippen LogP contribution in [0.1, 0.15) is 15.9 Å². The van der Waals surface area contributed by atoms with Gasteiger partial charge in [-0.3, -0.25) is 19.6 Å². The summed E-state index contributed by atoms with van der Waals surface area (Å²) in [5.74, 6) is -1.57. The van der Waals surface area contributed by atoms with Gasteiger partial charge in [-0.1, -0.05) is 17.7 Å². The van der Waals surface area contributed by atoms with E-state index < -0.39 is 28.6 Å². The maximum Gasteiger partial charge on any atom is 0.328 e. The predicted molar refractivity (Wildman–Crippen MR) is 68.5 cm³/mol. The number of hydrogen-bond donors (Lipinski definition) is 4. The number of nitrogens with one attached hydrogen (secondary N) is 3. The lowest BCUT2D eigenvalue weighted by Crippen LogP contribution is -2.30. The number of carbonyl (C=O) groups is 1. The number of benzene rings is 1. The Hall–Kier alpha value is -2.83. The Labute approximate surface area is 106 Å². The molecule has 19 heavy (non-hydrogen) atoms. The molecule has 0 fully saturated rings. The lowest BCUT2D eigenvalue weighted by molar-refractivity contribution is 0.102. The summed E-state index contributed by atoms with van der Waals surface area (Å²) in [5.41, 5.74) is -0.885. The van der Waals surface area contributed by atoms with Gasteiger partial charge in [-0.15, -0.1) is 0 Å². The highest BCUT2D eigenvalue weighted by molar-refractivity contribution is 6.05. The van der Waals surface area contributed by atoms with E-state index in [0.717, 1.165) is 5.56 Å². The Kier molecular flexibility index (Phi) is 3.19. The van der Waals surface area contributed by atoms with E-state index >= 15 is 0 Å². The molecule has 1 amide bonds. The van der Waals surface area contributed by atoms with Crippen molar-refractivity contribution in [1.82, 2.24) is 9.97 Å². The van der Waals surface area contributed by atoms with Gasteiger partial charge in [0.2, 0.25) is 5.88 Å². The van der Waals surface area contributed by atoms with Crippen molar-refractivity contribution in [3.8, 4) is 5.88 Å². The molecule has 0 aliphatic heterocycles. The van der Waals surface area contributed by atoms with E-state index in [4.69, 9.17) is 0 Å². The van der Waals surface area contributed by atoms with Gasteiger partial charge in [-0.05, 0) is 19.1 Å². The summed E-state index contributed by atoms with van der Waals surface area (Å²) < 4.78 is 0. The first-order chi connectivity index (χ1) is 8.97. The van der Waals surface area contributed by atoms with Crippen molar-refractivity contribution in [3.63, 3.8) is 0 Å². The number of aryl methyl sites for hydroxylation is 1. The molecule has 0 atom stereocenters. The molecule has 4 N–H and O–H groups in total. The molecule has 0 aliphatic rings. The zero-order chi connectivity index (χ0) is 14.0. The number of carbonyl (C=O) groups excluding carboxylic acids is 1. The van der Waals surface area contributed by atoms with Gasteiger partial charge in [0.25, 0.3) is 11.5 Å². The molecule has 0 saturated heterocycles. The quantitative estimate of drug-likeness (QED) is 0.623. The van der Waals surface area contributed by atoms with Gasteiger partial charge in [0.05, 0.1) is 0 Å². The summed E-state index contributed by atoms with van der Waals surface area (Å²) in [5, 5.41) is 11.9. The Morgan fingerprint density at radius 1 is 1.16 bits per heavy atom. The molecular weight excluding hydrogens is 250 g/mol. The van der Waals surface area contributed by atoms with Gasteiger partial charge >= 0.3 is 5.69 Å². The maximum atomic E-state index is 11.8. The molecule has 0 radical (unpaired) electrons. The van der Waals surface area contributed by atoms with Crippen molar-refractivity contribution in [3.05, 3.63) is 56.2 Å². The van der Waals surface area contributed by atoms with Crippen molar-refractivity contribution in [2.75, 3.05) is 5.32 Å². The lowest BCUT2D eigenvalue weighted by atomic mass is 10.2. The summed E-state index contributed by atoms with van der Waals surface area (Å²) in [6, 6.07) is 6.88. The Morgan fingerprint density at radius 2 is 1.79 bits per heavy atom. The number of aromatic hydroxyl groups is 1. The average Bonchev–Trinajstić information content (AvgIpc) is 2.30. The second-order valence-electron chi connectivity index (χ2n) is 3.95. The molecule has 1 aromatic carbocycles. The first-order valence-electron chi connectivity index (χ1n) is 5.41. The molecule has 0 spiro atoms. The highest BCUT2D eigenvalue weighted by atomic mass is 16.3. The van der Waals surface area contributed by atoms with Crippen LogP contribution in [0.25, 0.3) is 0 Å².